The Morgan fingerprint density at radius 2 is 1.96 bits per heavy atom. The fourth-order valence-electron chi connectivity index (χ4n) is 2.15. The molecule has 0 aliphatic carbocycles. The highest BCUT2D eigenvalue weighted by Crippen LogP contribution is 2.24. The molecule has 0 saturated heterocycles. The summed E-state index contributed by atoms with van der Waals surface area (Å²) >= 11 is 0. The van der Waals surface area contributed by atoms with Crippen LogP contribution >= 0.6 is 0 Å². The fraction of sp³-hybridized carbons (Fsp3) is 0.167. The number of carbonyl (C=O) groups is 1. The molecule has 0 aliphatic rings. The minimum atomic E-state index is -0.548. The zero-order valence-electron chi connectivity index (χ0n) is 13.4. The average molecular weight is 331 g/mol. The molecule has 2 rings (SSSR count). The number of anilines is 1. The van der Waals surface area contributed by atoms with Gasteiger partial charge in [0, 0.05) is 11.8 Å². The third-order valence-electron chi connectivity index (χ3n) is 3.29. The second kappa shape index (κ2) is 8.01. The first-order valence-electron chi connectivity index (χ1n) is 7.14. The molecular weight excluding hydrogens is 313 g/mol. The van der Waals surface area contributed by atoms with Crippen LogP contribution in [0, 0.1) is 5.82 Å². The van der Waals surface area contributed by atoms with Crippen molar-refractivity contribution in [3.63, 3.8) is 0 Å². The molecule has 0 atom stereocenters. The second-order valence-corrected chi connectivity index (χ2v) is 4.89. The summed E-state index contributed by atoms with van der Waals surface area (Å²) in [7, 11) is 2.72. The molecule has 0 unspecified atom stereocenters. The van der Waals surface area contributed by atoms with E-state index >= 15 is 0 Å². The molecule has 0 bridgehead atoms. The molecule has 126 valence electrons. The van der Waals surface area contributed by atoms with E-state index in [4.69, 9.17) is 19.9 Å². The topological polar surface area (TPSA) is 70.8 Å². The Morgan fingerprint density at radius 1 is 1.21 bits per heavy atom. The standard InChI is InChI=1S/C18H18FNO4/c1-22-11-15(18(21)23-2)14-6-4-3-5-12(14)10-24-17-8-7-13(20)9-16(17)19/h3-9,11H,10,20H2,1-2H3/b15-11+. The number of ether oxygens (including phenoxy) is 3. The number of carbonyl (C=O) groups excluding carboxylic acids is 1. The second-order valence-electron chi connectivity index (χ2n) is 4.89. The van der Waals surface area contributed by atoms with E-state index in [1.807, 2.05) is 0 Å². The third-order valence-corrected chi connectivity index (χ3v) is 3.29. The predicted octanol–water partition coefficient (Wildman–Crippen LogP) is 3.15. The maximum atomic E-state index is 13.8. The van der Waals surface area contributed by atoms with Gasteiger partial charge in [-0.15, -0.1) is 0 Å². The van der Waals surface area contributed by atoms with Crippen LogP contribution in [0.2, 0.25) is 0 Å². The SMILES string of the molecule is CO/C=C(/C(=O)OC)c1ccccc1COc1ccc(N)cc1F. The first-order chi connectivity index (χ1) is 11.6. The highest BCUT2D eigenvalue weighted by atomic mass is 19.1. The van der Waals surface area contributed by atoms with Crippen LogP contribution in [0.4, 0.5) is 10.1 Å². The smallest absolute Gasteiger partial charge is 0.341 e. The minimum Gasteiger partial charge on any atom is -0.503 e. The number of benzene rings is 2. The molecule has 5 nitrogen and oxygen atoms in total. The Morgan fingerprint density at radius 3 is 2.62 bits per heavy atom. The molecule has 0 radical (unpaired) electrons. The lowest BCUT2D eigenvalue weighted by molar-refractivity contribution is -0.133. The molecule has 0 fully saturated rings. The van der Waals surface area contributed by atoms with Gasteiger partial charge >= 0.3 is 5.97 Å². The fourth-order valence-corrected chi connectivity index (χ4v) is 2.15. The molecule has 0 saturated carbocycles. The predicted molar refractivity (Wildman–Crippen MR) is 88.6 cm³/mol. The lowest BCUT2D eigenvalue weighted by Crippen LogP contribution is -2.08. The summed E-state index contributed by atoms with van der Waals surface area (Å²) in [5, 5.41) is 0. The lowest BCUT2D eigenvalue weighted by Gasteiger charge is -2.13. The molecule has 24 heavy (non-hydrogen) atoms. The van der Waals surface area contributed by atoms with Crippen LogP contribution in [0.25, 0.3) is 5.57 Å². The molecule has 0 amide bonds. The van der Waals surface area contributed by atoms with Crippen LogP contribution in [-0.2, 0) is 20.9 Å². The van der Waals surface area contributed by atoms with Gasteiger partial charge in [-0.25, -0.2) is 9.18 Å². The Kier molecular flexibility index (Phi) is 5.78. The maximum absolute atomic E-state index is 13.8. The molecule has 2 N–H and O–H groups in total. The van der Waals surface area contributed by atoms with E-state index in [-0.39, 0.29) is 17.9 Å². The van der Waals surface area contributed by atoms with Gasteiger partial charge in [0.2, 0.25) is 0 Å². The molecule has 0 spiro atoms. The summed E-state index contributed by atoms with van der Waals surface area (Å²) in [6.07, 6.45) is 1.30. The molecule has 0 aromatic heterocycles. The van der Waals surface area contributed by atoms with Crippen molar-refractivity contribution in [2.75, 3.05) is 20.0 Å². The van der Waals surface area contributed by atoms with Crippen LogP contribution in [0.3, 0.4) is 0 Å². The average Bonchev–Trinajstić information content (AvgIpc) is 2.59. The Hall–Kier alpha value is -3.02. The van der Waals surface area contributed by atoms with E-state index in [2.05, 4.69) is 0 Å². The summed E-state index contributed by atoms with van der Waals surface area (Å²) < 4.78 is 29.0. The first-order valence-corrected chi connectivity index (χ1v) is 7.14. The Balaban J connectivity index is 2.28. The quantitative estimate of drug-likeness (QED) is 0.381. The van der Waals surface area contributed by atoms with Crippen molar-refractivity contribution >= 4 is 17.2 Å². The molecular formula is C18H18FNO4. The Labute approximate surface area is 139 Å². The van der Waals surface area contributed by atoms with E-state index in [1.165, 1.54) is 32.6 Å². The number of esters is 1. The van der Waals surface area contributed by atoms with Gasteiger partial charge < -0.3 is 19.9 Å². The number of nitrogen functional groups attached to an aromatic ring is 1. The molecule has 0 heterocycles. The molecule has 6 heteroatoms. The van der Waals surface area contributed by atoms with Crippen molar-refractivity contribution in [3.05, 3.63) is 65.7 Å². The van der Waals surface area contributed by atoms with E-state index in [0.717, 1.165) is 0 Å². The van der Waals surface area contributed by atoms with Gasteiger partial charge in [-0.05, 0) is 23.3 Å². The number of nitrogens with two attached hydrogens (primary N) is 1. The number of hydrogen-bond donors (Lipinski definition) is 1. The highest BCUT2D eigenvalue weighted by molar-refractivity contribution is 6.16. The molecule has 2 aromatic rings. The van der Waals surface area contributed by atoms with Crippen molar-refractivity contribution in [2.45, 2.75) is 6.61 Å². The van der Waals surface area contributed by atoms with Crippen molar-refractivity contribution in [1.29, 1.82) is 0 Å². The lowest BCUT2D eigenvalue weighted by atomic mass is 10.0. The van der Waals surface area contributed by atoms with Crippen LogP contribution in [0.15, 0.2) is 48.7 Å². The summed E-state index contributed by atoms with van der Waals surface area (Å²) in [5.41, 5.74) is 7.34. The van der Waals surface area contributed by atoms with Crippen LogP contribution in [-0.4, -0.2) is 20.2 Å². The van der Waals surface area contributed by atoms with Crippen LogP contribution < -0.4 is 10.5 Å². The van der Waals surface area contributed by atoms with Crippen molar-refractivity contribution in [3.8, 4) is 5.75 Å². The summed E-state index contributed by atoms with van der Waals surface area (Å²) in [6, 6.07) is 11.3. The number of rotatable bonds is 6. The van der Waals surface area contributed by atoms with Gasteiger partial charge in [0.05, 0.1) is 20.5 Å². The number of halogens is 1. The van der Waals surface area contributed by atoms with E-state index in [1.54, 1.807) is 30.3 Å². The largest absolute Gasteiger partial charge is 0.503 e. The zero-order valence-corrected chi connectivity index (χ0v) is 13.4. The van der Waals surface area contributed by atoms with E-state index in [9.17, 15) is 9.18 Å². The molecule has 0 aliphatic heterocycles. The molecule has 2 aromatic carbocycles. The summed E-state index contributed by atoms with van der Waals surface area (Å²) in [5.74, 6) is -1.01. The number of hydrogen-bond acceptors (Lipinski definition) is 5. The minimum absolute atomic E-state index is 0.0645. The van der Waals surface area contributed by atoms with Gasteiger partial charge in [0.25, 0.3) is 0 Å². The highest BCUT2D eigenvalue weighted by Gasteiger charge is 2.17. The van der Waals surface area contributed by atoms with Crippen molar-refractivity contribution < 1.29 is 23.4 Å². The van der Waals surface area contributed by atoms with Gasteiger partial charge in [-0.3, -0.25) is 0 Å². The van der Waals surface area contributed by atoms with Crippen molar-refractivity contribution in [1.82, 2.24) is 0 Å². The van der Waals surface area contributed by atoms with Gasteiger partial charge in [0.15, 0.2) is 11.6 Å². The van der Waals surface area contributed by atoms with Gasteiger partial charge in [-0.2, -0.15) is 0 Å². The third kappa shape index (κ3) is 4.04. The number of methoxy groups -OCH3 is 2. The monoisotopic (exact) mass is 331 g/mol. The normalized spacial score (nSPS) is 11.0. The maximum Gasteiger partial charge on any atom is 0.341 e. The van der Waals surface area contributed by atoms with Crippen molar-refractivity contribution in [2.24, 2.45) is 0 Å². The van der Waals surface area contributed by atoms with Gasteiger partial charge in [-0.1, -0.05) is 24.3 Å². The summed E-state index contributed by atoms with van der Waals surface area (Å²) in [6.45, 7) is 0.0645. The first kappa shape index (κ1) is 17.3. The van der Waals surface area contributed by atoms with E-state index in [0.29, 0.717) is 16.8 Å². The summed E-state index contributed by atoms with van der Waals surface area (Å²) in [4.78, 5) is 11.9. The van der Waals surface area contributed by atoms with Crippen LogP contribution in [0.5, 0.6) is 5.75 Å². The van der Waals surface area contributed by atoms with Crippen LogP contribution in [0.1, 0.15) is 11.1 Å². The van der Waals surface area contributed by atoms with E-state index < -0.39 is 11.8 Å². The van der Waals surface area contributed by atoms with Gasteiger partial charge in [0.1, 0.15) is 12.2 Å². The zero-order chi connectivity index (χ0) is 17.5. The Bertz CT molecular complexity index is 758.